The molecule has 1 unspecified atom stereocenters. The SMILES string of the molecule is Cc1ccc(SCC(C)(O)C(=O)O)c(C)c1. The van der Waals surface area contributed by atoms with Crippen LogP contribution < -0.4 is 0 Å². The van der Waals surface area contributed by atoms with Crippen LogP contribution in [-0.2, 0) is 4.79 Å². The van der Waals surface area contributed by atoms with Gasteiger partial charge >= 0.3 is 5.97 Å². The van der Waals surface area contributed by atoms with Gasteiger partial charge in [0.15, 0.2) is 5.60 Å². The van der Waals surface area contributed by atoms with Gasteiger partial charge in [0.05, 0.1) is 0 Å². The van der Waals surface area contributed by atoms with E-state index in [-0.39, 0.29) is 5.75 Å². The number of thioether (sulfide) groups is 1. The van der Waals surface area contributed by atoms with Gasteiger partial charge in [0, 0.05) is 10.6 Å². The van der Waals surface area contributed by atoms with Gasteiger partial charge in [-0.15, -0.1) is 11.8 Å². The van der Waals surface area contributed by atoms with Crippen molar-refractivity contribution in [2.45, 2.75) is 31.3 Å². The number of hydrogen-bond acceptors (Lipinski definition) is 3. The van der Waals surface area contributed by atoms with E-state index in [9.17, 15) is 9.90 Å². The molecule has 0 aromatic heterocycles. The number of benzene rings is 1. The molecule has 0 aliphatic heterocycles. The summed E-state index contributed by atoms with van der Waals surface area (Å²) in [5.74, 6) is -1.04. The molecule has 4 heteroatoms. The van der Waals surface area contributed by atoms with E-state index in [0.717, 1.165) is 10.5 Å². The molecule has 2 N–H and O–H groups in total. The van der Waals surface area contributed by atoms with Gasteiger partial charge in [0.1, 0.15) is 0 Å². The van der Waals surface area contributed by atoms with Crippen molar-refractivity contribution in [1.29, 1.82) is 0 Å². The molecule has 0 spiro atoms. The minimum Gasteiger partial charge on any atom is -0.479 e. The second-order valence-corrected chi connectivity index (χ2v) is 5.15. The lowest BCUT2D eigenvalue weighted by Gasteiger charge is -2.17. The lowest BCUT2D eigenvalue weighted by Crippen LogP contribution is -2.37. The summed E-state index contributed by atoms with van der Waals surface area (Å²) in [7, 11) is 0. The molecule has 0 aliphatic carbocycles. The minimum absolute atomic E-state index is 0.145. The van der Waals surface area contributed by atoms with Crippen molar-refractivity contribution in [3.8, 4) is 0 Å². The quantitative estimate of drug-likeness (QED) is 0.792. The molecule has 0 bridgehead atoms. The Labute approximate surface area is 99.5 Å². The molecule has 0 amide bonds. The van der Waals surface area contributed by atoms with Crippen LogP contribution in [0, 0.1) is 13.8 Å². The first-order valence-corrected chi connectivity index (χ1v) is 5.97. The van der Waals surface area contributed by atoms with Gasteiger partial charge in [-0.1, -0.05) is 17.7 Å². The van der Waals surface area contributed by atoms with Crippen LogP contribution in [0.15, 0.2) is 23.1 Å². The highest BCUT2D eigenvalue weighted by Gasteiger charge is 2.29. The lowest BCUT2D eigenvalue weighted by atomic mass is 10.1. The molecule has 0 saturated carbocycles. The van der Waals surface area contributed by atoms with E-state index >= 15 is 0 Å². The van der Waals surface area contributed by atoms with E-state index in [1.54, 1.807) is 0 Å². The summed E-state index contributed by atoms with van der Waals surface area (Å²) in [5, 5.41) is 18.3. The molecule has 1 rings (SSSR count). The van der Waals surface area contributed by atoms with Gasteiger partial charge < -0.3 is 10.2 Å². The Morgan fingerprint density at radius 2 is 2.06 bits per heavy atom. The molecule has 0 saturated heterocycles. The molecule has 0 radical (unpaired) electrons. The summed E-state index contributed by atoms with van der Waals surface area (Å²) in [6, 6.07) is 5.97. The maximum atomic E-state index is 10.7. The zero-order chi connectivity index (χ0) is 12.3. The molecule has 1 aromatic rings. The van der Waals surface area contributed by atoms with Gasteiger partial charge in [-0.05, 0) is 32.4 Å². The molecule has 1 aromatic carbocycles. The first-order valence-electron chi connectivity index (χ1n) is 4.99. The summed E-state index contributed by atoms with van der Waals surface area (Å²) in [6.07, 6.45) is 0. The first-order chi connectivity index (χ1) is 7.33. The predicted molar refractivity (Wildman–Crippen MR) is 64.9 cm³/mol. The van der Waals surface area contributed by atoms with Crippen molar-refractivity contribution in [3.63, 3.8) is 0 Å². The van der Waals surface area contributed by atoms with Crippen molar-refractivity contribution in [2.75, 3.05) is 5.75 Å². The van der Waals surface area contributed by atoms with Crippen molar-refractivity contribution < 1.29 is 15.0 Å². The van der Waals surface area contributed by atoms with E-state index in [2.05, 4.69) is 0 Å². The molecular formula is C12H16O3S. The average molecular weight is 240 g/mol. The summed E-state index contributed by atoms with van der Waals surface area (Å²) < 4.78 is 0. The van der Waals surface area contributed by atoms with E-state index < -0.39 is 11.6 Å². The lowest BCUT2D eigenvalue weighted by molar-refractivity contribution is -0.154. The maximum absolute atomic E-state index is 10.7. The van der Waals surface area contributed by atoms with Crippen LogP contribution in [-0.4, -0.2) is 27.5 Å². The van der Waals surface area contributed by atoms with Gasteiger partial charge in [-0.25, -0.2) is 4.79 Å². The summed E-state index contributed by atoms with van der Waals surface area (Å²) in [6.45, 7) is 5.30. The number of carboxylic acids is 1. The molecular weight excluding hydrogens is 224 g/mol. The number of aliphatic carboxylic acids is 1. The summed E-state index contributed by atoms with van der Waals surface area (Å²) in [4.78, 5) is 11.7. The molecule has 1 atom stereocenters. The second-order valence-electron chi connectivity index (χ2n) is 4.14. The highest BCUT2D eigenvalue weighted by atomic mass is 32.2. The third kappa shape index (κ3) is 3.25. The molecule has 0 heterocycles. The zero-order valence-electron chi connectivity index (χ0n) is 9.65. The van der Waals surface area contributed by atoms with Crippen LogP contribution in [0.25, 0.3) is 0 Å². The second kappa shape index (κ2) is 4.89. The number of carboxylic acid groups (broad SMARTS) is 1. The van der Waals surface area contributed by atoms with Crippen molar-refractivity contribution in [1.82, 2.24) is 0 Å². The zero-order valence-corrected chi connectivity index (χ0v) is 10.5. The van der Waals surface area contributed by atoms with Crippen LogP contribution in [0.3, 0.4) is 0 Å². The molecule has 3 nitrogen and oxygen atoms in total. The molecule has 0 aliphatic rings. The third-order valence-electron chi connectivity index (χ3n) is 2.30. The Bertz CT molecular complexity index is 399. The van der Waals surface area contributed by atoms with Crippen molar-refractivity contribution >= 4 is 17.7 Å². The summed E-state index contributed by atoms with van der Waals surface area (Å²) in [5.41, 5.74) is 0.597. The van der Waals surface area contributed by atoms with Crippen LogP contribution >= 0.6 is 11.8 Å². The molecule has 88 valence electrons. The standard InChI is InChI=1S/C12H16O3S/c1-8-4-5-10(9(2)6-8)16-7-12(3,15)11(13)14/h4-6,15H,7H2,1-3H3,(H,13,14). The topological polar surface area (TPSA) is 57.5 Å². The fourth-order valence-electron chi connectivity index (χ4n) is 1.24. The Morgan fingerprint density at radius 3 is 2.56 bits per heavy atom. The number of aliphatic hydroxyl groups is 1. The Kier molecular flexibility index (Phi) is 3.99. The fourth-order valence-corrected chi connectivity index (χ4v) is 2.25. The Morgan fingerprint density at radius 1 is 1.44 bits per heavy atom. The van der Waals surface area contributed by atoms with Gasteiger partial charge in [0.25, 0.3) is 0 Å². The highest BCUT2D eigenvalue weighted by molar-refractivity contribution is 7.99. The largest absolute Gasteiger partial charge is 0.479 e. The van der Waals surface area contributed by atoms with Crippen LogP contribution in [0.4, 0.5) is 0 Å². The minimum atomic E-state index is -1.68. The number of carbonyl (C=O) groups is 1. The Hall–Kier alpha value is -1.00. The molecule has 0 fully saturated rings. The van der Waals surface area contributed by atoms with E-state index in [1.165, 1.54) is 24.2 Å². The normalized spacial score (nSPS) is 14.5. The first kappa shape index (κ1) is 13.1. The van der Waals surface area contributed by atoms with Crippen LogP contribution in [0.5, 0.6) is 0 Å². The number of rotatable bonds is 4. The maximum Gasteiger partial charge on any atom is 0.336 e. The Balaban J connectivity index is 2.72. The van der Waals surface area contributed by atoms with E-state index in [1.807, 2.05) is 32.0 Å². The van der Waals surface area contributed by atoms with Crippen molar-refractivity contribution in [3.05, 3.63) is 29.3 Å². The van der Waals surface area contributed by atoms with Crippen molar-refractivity contribution in [2.24, 2.45) is 0 Å². The predicted octanol–water partition coefficient (Wildman–Crippen LogP) is 2.23. The number of aryl methyl sites for hydroxylation is 2. The monoisotopic (exact) mass is 240 g/mol. The fraction of sp³-hybridized carbons (Fsp3) is 0.417. The molecule has 16 heavy (non-hydrogen) atoms. The van der Waals surface area contributed by atoms with E-state index in [0.29, 0.717) is 0 Å². The van der Waals surface area contributed by atoms with E-state index in [4.69, 9.17) is 5.11 Å². The highest BCUT2D eigenvalue weighted by Crippen LogP contribution is 2.26. The van der Waals surface area contributed by atoms with Gasteiger partial charge in [0.2, 0.25) is 0 Å². The number of hydrogen-bond donors (Lipinski definition) is 2. The van der Waals surface area contributed by atoms with Gasteiger partial charge in [-0.2, -0.15) is 0 Å². The van der Waals surface area contributed by atoms with Crippen LogP contribution in [0.1, 0.15) is 18.1 Å². The summed E-state index contributed by atoms with van der Waals surface area (Å²) >= 11 is 1.36. The smallest absolute Gasteiger partial charge is 0.336 e. The average Bonchev–Trinajstić information content (AvgIpc) is 2.16. The van der Waals surface area contributed by atoms with Gasteiger partial charge in [-0.3, -0.25) is 0 Å². The third-order valence-corrected chi connectivity index (χ3v) is 3.78. The van der Waals surface area contributed by atoms with Crippen LogP contribution in [0.2, 0.25) is 0 Å².